The number of carbonyl (C=O) groups excluding carboxylic acids is 1. The number of fused-ring (bicyclic) bond motifs is 1. The Balaban J connectivity index is 0.00000240. The summed E-state index contributed by atoms with van der Waals surface area (Å²) in [5, 5.41) is 0. The van der Waals surface area contributed by atoms with Crippen molar-refractivity contribution in [2.75, 3.05) is 24.7 Å². The molecule has 7 heteroatoms. The molecule has 1 amide bonds. The van der Waals surface area contributed by atoms with Gasteiger partial charge in [0.15, 0.2) is 11.4 Å². The minimum atomic E-state index is -0.0409. The number of hydrogen-bond donors (Lipinski definition) is 0. The van der Waals surface area contributed by atoms with Crippen LogP contribution in [0, 0.1) is 27.7 Å². The lowest BCUT2D eigenvalue weighted by Crippen LogP contribution is -2.41. The highest BCUT2D eigenvalue weighted by Gasteiger charge is 2.23. The molecule has 1 fully saturated rings. The van der Waals surface area contributed by atoms with Crippen molar-refractivity contribution in [2.45, 2.75) is 34.3 Å². The average molecular weight is 416 g/mol. The molecule has 0 saturated carbocycles. The van der Waals surface area contributed by atoms with Crippen molar-refractivity contribution in [3.8, 4) is 5.75 Å². The van der Waals surface area contributed by atoms with Gasteiger partial charge in [0.05, 0.1) is 18.0 Å². The van der Waals surface area contributed by atoms with Crippen molar-refractivity contribution >= 4 is 29.6 Å². The molecule has 29 heavy (non-hydrogen) atoms. The molecular weight excluding hydrogens is 390 g/mol. The number of ether oxygens (including phenoxy) is 2. The third kappa shape index (κ3) is 3.95. The number of rotatable bonds is 4. The van der Waals surface area contributed by atoms with Gasteiger partial charge in [0.25, 0.3) is 5.91 Å². The predicted molar refractivity (Wildman–Crippen MR) is 115 cm³/mol. The number of benzene rings is 1. The fourth-order valence-corrected chi connectivity index (χ4v) is 3.60. The van der Waals surface area contributed by atoms with E-state index in [0.29, 0.717) is 25.5 Å². The molecule has 0 aliphatic carbocycles. The summed E-state index contributed by atoms with van der Waals surface area (Å²) in [6, 6.07) is 8.15. The molecule has 3 aromatic rings. The number of anilines is 1. The average Bonchev–Trinajstić information content (AvgIpc) is 2.96. The van der Waals surface area contributed by atoms with Gasteiger partial charge < -0.3 is 14.4 Å². The van der Waals surface area contributed by atoms with Gasteiger partial charge in [-0.25, -0.2) is 4.98 Å². The maximum absolute atomic E-state index is 12.3. The molecule has 6 nitrogen and oxygen atoms in total. The lowest BCUT2D eigenvalue weighted by Gasteiger charge is -2.27. The zero-order chi connectivity index (χ0) is 19.8. The Morgan fingerprint density at radius 1 is 1.17 bits per heavy atom. The fourth-order valence-electron chi connectivity index (χ4n) is 3.60. The second kappa shape index (κ2) is 8.43. The summed E-state index contributed by atoms with van der Waals surface area (Å²) in [5.74, 6) is 0.636. The normalized spacial score (nSPS) is 14.2. The Hall–Kier alpha value is -2.57. The minimum absolute atomic E-state index is 0. The van der Waals surface area contributed by atoms with Gasteiger partial charge in [-0.1, -0.05) is 18.2 Å². The van der Waals surface area contributed by atoms with Crippen molar-refractivity contribution in [1.29, 1.82) is 0 Å². The van der Waals surface area contributed by atoms with E-state index in [-0.39, 0.29) is 24.9 Å². The smallest absolute Gasteiger partial charge is 0.253 e. The maximum atomic E-state index is 12.3. The lowest BCUT2D eigenvalue weighted by atomic mass is 10.0. The minimum Gasteiger partial charge on any atom is -0.485 e. The third-order valence-electron chi connectivity index (χ3n) is 5.46. The van der Waals surface area contributed by atoms with Crippen molar-refractivity contribution in [3.05, 3.63) is 58.5 Å². The van der Waals surface area contributed by atoms with Crippen molar-refractivity contribution in [3.63, 3.8) is 0 Å². The van der Waals surface area contributed by atoms with Crippen molar-refractivity contribution < 1.29 is 14.3 Å². The fraction of sp³-hybridized carbons (Fsp3) is 0.364. The standard InChI is InChI=1S/C22H25N3O3.ClH/c1-14-6-5-7-15(2)19(14)12-28-20-10-18(24-8-9-27-13-21(24)26)11-25-17(4)16(3)23-22(20)25;/h5-7,10-11H,8-9,12-13H2,1-4H3;1H. The van der Waals surface area contributed by atoms with E-state index in [1.807, 2.05) is 30.5 Å². The number of hydrogen-bond acceptors (Lipinski definition) is 4. The van der Waals surface area contributed by atoms with Gasteiger partial charge in [-0.15, -0.1) is 12.4 Å². The van der Waals surface area contributed by atoms with Crippen LogP contribution < -0.4 is 9.64 Å². The molecule has 0 radical (unpaired) electrons. The van der Waals surface area contributed by atoms with Gasteiger partial charge >= 0.3 is 0 Å². The molecular formula is C22H26ClN3O3. The molecule has 0 unspecified atom stereocenters. The number of nitrogens with zero attached hydrogens (tertiary/aromatic N) is 3. The number of morpholine rings is 1. The van der Waals surface area contributed by atoms with Crippen LogP contribution in [0.15, 0.2) is 30.5 Å². The van der Waals surface area contributed by atoms with E-state index < -0.39 is 0 Å². The summed E-state index contributed by atoms with van der Waals surface area (Å²) < 4.78 is 13.5. The summed E-state index contributed by atoms with van der Waals surface area (Å²) in [4.78, 5) is 18.8. The highest BCUT2D eigenvalue weighted by molar-refractivity contribution is 5.95. The summed E-state index contributed by atoms with van der Waals surface area (Å²) in [6.45, 7) is 9.82. The maximum Gasteiger partial charge on any atom is 0.253 e. The molecule has 0 N–H and O–H groups in total. The molecule has 3 heterocycles. The van der Waals surface area contributed by atoms with Crippen LogP contribution in [0.1, 0.15) is 28.1 Å². The van der Waals surface area contributed by atoms with E-state index in [1.165, 1.54) is 16.7 Å². The van der Waals surface area contributed by atoms with Gasteiger partial charge in [0.1, 0.15) is 13.2 Å². The molecule has 0 bridgehead atoms. The second-order valence-electron chi connectivity index (χ2n) is 7.30. The van der Waals surface area contributed by atoms with E-state index in [1.54, 1.807) is 4.90 Å². The Labute approximate surface area is 176 Å². The summed E-state index contributed by atoms with van der Waals surface area (Å²) >= 11 is 0. The van der Waals surface area contributed by atoms with Crippen LogP contribution in [0.25, 0.3) is 5.65 Å². The number of imidazole rings is 1. The lowest BCUT2D eigenvalue weighted by molar-refractivity contribution is -0.125. The molecule has 4 rings (SSSR count). The number of halogens is 1. The number of aromatic nitrogens is 2. The van der Waals surface area contributed by atoms with Gasteiger partial charge in [0, 0.05) is 24.5 Å². The van der Waals surface area contributed by atoms with E-state index in [9.17, 15) is 4.79 Å². The van der Waals surface area contributed by atoms with Gasteiger partial charge in [0.2, 0.25) is 0 Å². The summed E-state index contributed by atoms with van der Waals surface area (Å²) in [6.07, 6.45) is 1.96. The van der Waals surface area contributed by atoms with Gasteiger partial charge in [-0.3, -0.25) is 9.20 Å². The van der Waals surface area contributed by atoms with Crippen LogP contribution >= 0.6 is 12.4 Å². The molecule has 0 spiro atoms. The van der Waals surface area contributed by atoms with Crippen LogP contribution in [0.5, 0.6) is 5.75 Å². The largest absolute Gasteiger partial charge is 0.485 e. The van der Waals surface area contributed by atoms with Crippen LogP contribution in [0.3, 0.4) is 0 Å². The number of carbonyl (C=O) groups is 1. The highest BCUT2D eigenvalue weighted by Crippen LogP contribution is 2.30. The Bertz CT molecular complexity index is 1040. The molecule has 1 aromatic carbocycles. The van der Waals surface area contributed by atoms with Crippen molar-refractivity contribution in [1.82, 2.24) is 9.38 Å². The van der Waals surface area contributed by atoms with Crippen molar-refractivity contribution in [2.24, 2.45) is 0 Å². The first-order valence-corrected chi connectivity index (χ1v) is 9.51. The van der Waals surface area contributed by atoms with Gasteiger partial charge in [-0.2, -0.15) is 0 Å². The van der Waals surface area contributed by atoms with Gasteiger partial charge in [-0.05, 0) is 44.4 Å². The zero-order valence-electron chi connectivity index (χ0n) is 17.2. The monoisotopic (exact) mass is 415 g/mol. The molecule has 154 valence electrons. The molecule has 1 aliphatic rings. The first kappa shape index (κ1) is 21.1. The van der Waals surface area contributed by atoms with E-state index in [2.05, 4.69) is 37.0 Å². The van der Waals surface area contributed by atoms with E-state index in [0.717, 1.165) is 22.7 Å². The van der Waals surface area contributed by atoms with Crippen LogP contribution in [0.4, 0.5) is 5.69 Å². The molecule has 0 atom stereocenters. The van der Waals surface area contributed by atoms with Crippen LogP contribution in [0.2, 0.25) is 0 Å². The second-order valence-corrected chi connectivity index (χ2v) is 7.30. The third-order valence-corrected chi connectivity index (χ3v) is 5.46. The Morgan fingerprint density at radius 2 is 1.90 bits per heavy atom. The highest BCUT2D eigenvalue weighted by atomic mass is 35.5. The number of amides is 1. The topological polar surface area (TPSA) is 56.1 Å². The zero-order valence-corrected chi connectivity index (χ0v) is 18.0. The summed E-state index contributed by atoms with van der Waals surface area (Å²) in [5.41, 5.74) is 7.13. The predicted octanol–water partition coefficient (Wildman–Crippen LogP) is 3.93. The number of aryl methyl sites for hydroxylation is 4. The molecule has 1 saturated heterocycles. The number of pyridine rings is 1. The summed E-state index contributed by atoms with van der Waals surface area (Å²) in [7, 11) is 0. The van der Waals surface area contributed by atoms with E-state index in [4.69, 9.17) is 9.47 Å². The Kier molecular flexibility index (Phi) is 6.15. The van der Waals surface area contributed by atoms with Crippen LogP contribution in [-0.4, -0.2) is 35.1 Å². The SMILES string of the molecule is Cc1cccc(C)c1COc1cc(N2CCOCC2=O)cn2c(C)c(C)nc12.Cl. The molecule has 1 aliphatic heterocycles. The molecule has 2 aromatic heterocycles. The first-order valence-electron chi connectivity index (χ1n) is 9.51. The van der Waals surface area contributed by atoms with Crippen LogP contribution in [-0.2, 0) is 16.1 Å². The first-order chi connectivity index (χ1) is 13.5. The quantitative estimate of drug-likeness (QED) is 0.647. The Morgan fingerprint density at radius 3 is 2.59 bits per heavy atom. The van der Waals surface area contributed by atoms with E-state index >= 15 is 0 Å².